The third-order valence-electron chi connectivity index (χ3n) is 2.58. The molecule has 6 nitrogen and oxygen atoms in total. The fraction of sp³-hybridized carbons (Fsp3) is 0.385. The molecule has 0 aliphatic rings. The van der Waals surface area contributed by atoms with E-state index in [-0.39, 0.29) is 12.5 Å². The first-order valence-corrected chi connectivity index (χ1v) is 6.04. The van der Waals surface area contributed by atoms with Crippen LogP contribution in [0.15, 0.2) is 24.3 Å². The summed E-state index contributed by atoms with van der Waals surface area (Å²) in [7, 11) is 0. The normalized spacial score (nSPS) is 11.9. The Morgan fingerprint density at radius 3 is 2.47 bits per heavy atom. The molecule has 0 saturated heterocycles. The number of carbonyl (C=O) groups is 2. The zero-order valence-corrected chi connectivity index (χ0v) is 10.8. The number of aliphatic carboxylic acids is 1. The van der Waals surface area contributed by atoms with Crippen molar-refractivity contribution in [3.8, 4) is 0 Å². The maximum atomic E-state index is 11.7. The monoisotopic (exact) mass is 265 g/mol. The van der Waals surface area contributed by atoms with Gasteiger partial charge in [0.05, 0.1) is 0 Å². The summed E-state index contributed by atoms with van der Waals surface area (Å²) in [6.45, 7) is 3.02. The Balaban J connectivity index is 2.21. The SMILES string of the molecule is Cc1ccc(C(=O)NCCNCC(N)C(=O)O)cc1. The highest BCUT2D eigenvalue weighted by Crippen LogP contribution is 2.02. The van der Waals surface area contributed by atoms with E-state index in [0.29, 0.717) is 18.7 Å². The van der Waals surface area contributed by atoms with E-state index < -0.39 is 12.0 Å². The second-order valence-electron chi connectivity index (χ2n) is 4.27. The third kappa shape index (κ3) is 5.50. The van der Waals surface area contributed by atoms with Crippen LogP contribution in [0.5, 0.6) is 0 Å². The van der Waals surface area contributed by atoms with Gasteiger partial charge in [0.2, 0.25) is 0 Å². The summed E-state index contributed by atoms with van der Waals surface area (Å²) in [5.74, 6) is -1.19. The van der Waals surface area contributed by atoms with Crippen molar-refractivity contribution in [1.29, 1.82) is 0 Å². The van der Waals surface area contributed by atoms with Crippen molar-refractivity contribution in [2.45, 2.75) is 13.0 Å². The number of benzene rings is 1. The molecule has 0 fully saturated rings. The van der Waals surface area contributed by atoms with Gasteiger partial charge in [-0.2, -0.15) is 0 Å². The lowest BCUT2D eigenvalue weighted by Crippen LogP contribution is -2.42. The molecular formula is C13H19N3O3. The van der Waals surface area contributed by atoms with Gasteiger partial charge in [0.1, 0.15) is 6.04 Å². The van der Waals surface area contributed by atoms with Crippen molar-refractivity contribution >= 4 is 11.9 Å². The minimum absolute atomic E-state index is 0.149. The minimum atomic E-state index is -1.05. The highest BCUT2D eigenvalue weighted by atomic mass is 16.4. The topological polar surface area (TPSA) is 104 Å². The second kappa shape index (κ2) is 7.50. The van der Waals surface area contributed by atoms with E-state index in [2.05, 4.69) is 10.6 Å². The molecule has 0 aromatic heterocycles. The number of amides is 1. The molecule has 1 atom stereocenters. The van der Waals surface area contributed by atoms with Gasteiger partial charge >= 0.3 is 5.97 Å². The molecule has 0 bridgehead atoms. The van der Waals surface area contributed by atoms with E-state index in [0.717, 1.165) is 5.56 Å². The Hall–Kier alpha value is -1.92. The summed E-state index contributed by atoms with van der Waals surface area (Å²) in [6, 6.07) is 6.35. The van der Waals surface area contributed by atoms with Crippen LogP contribution in [0.3, 0.4) is 0 Å². The van der Waals surface area contributed by atoms with Gasteiger partial charge in [-0.25, -0.2) is 0 Å². The molecule has 0 radical (unpaired) electrons. The second-order valence-corrected chi connectivity index (χ2v) is 4.27. The van der Waals surface area contributed by atoms with Gasteiger partial charge in [-0.15, -0.1) is 0 Å². The quantitative estimate of drug-likeness (QED) is 0.508. The maximum Gasteiger partial charge on any atom is 0.321 e. The zero-order chi connectivity index (χ0) is 14.3. The van der Waals surface area contributed by atoms with Crippen LogP contribution in [-0.4, -0.2) is 42.7 Å². The van der Waals surface area contributed by atoms with Crippen molar-refractivity contribution in [2.75, 3.05) is 19.6 Å². The molecule has 104 valence electrons. The van der Waals surface area contributed by atoms with Crippen molar-refractivity contribution in [3.63, 3.8) is 0 Å². The molecule has 6 heteroatoms. The Bertz CT molecular complexity index is 431. The Morgan fingerprint density at radius 1 is 1.26 bits per heavy atom. The van der Waals surface area contributed by atoms with Gasteiger partial charge in [0.15, 0.2) is 0 Å². The van der Waals surface area contributed by atoms with Crippen LogP contribution in [0.25, 0.3) is 0 Å². The first-order chi connectivity index (χ1) is 9.00. The molecule has 0 aliphatic carbocycles. The molecule has 19 heavy (non-hydrogen) atoms. The number of nitrogens with two attached hydrogens (primary N) is 1. The summed E-state index contributed by atoms with van der Waals surface area (Å²) in [6.07, 6.45) is 0. The fourth-order valence-electron chi connectivity index (χ4n) is 1.42. The van der Waals surface area contributed by atoms with Gasteiger partial charge in [-0.3, -0.25) is 9.59 Å². The number of carboxylic acids is 1. The smallest absolute Gasteiger partial charge is 0.321 e. The van der Waals surface area contributed by atoms with Crippen LogP contribution < -0.4 is 16.4 Å². The van der Waals surface area contributed by atoms with Crippen LogP contribution >= 0.6 is 0 Å². The van der Waals surface area contributed by atoms with Gasteiger partial charge in [-0.1, -0.05) is 17.7 Å². The molecule has 1 unspecified atom stereocenters. The van der Waals surface area contributed by atoms with E-state index in [1.54, 1.807) is 12.1 Å². The Labute approximate surface area is 112 Å². The average Bonchev–Trinajstić information content (AvgIpc) is 2.38. The van der Waals surface area contributed by atoms with Crippen molar-refractivity contribution in [3.05, 3.63) is 35.4 Å². The number of carboxylic acid groups (broad SMARTS) is 1. The number of hydrogen-bond donors (Lipinski definition) is 4. The molecule has 5 N–H and O–H groups in total. The lowest BCUT2D eigenvalue weighted by molar-refractivity contribution is -0.138. The van der Waals surface area contributed by atoms with Crippen LogP contribution in [0, 0.1) is 6.92 Å². The van der Waals surface area contributed by atoms with Crippen LogP contribution in [0.1, 0.15) is 15.9 Å². The van der Waals surface area contributed by atoms with Gasteiger partial charge in [0, 0.05) is 25.2 Å². The van der Waals surface area contributed by atoms with Gasteiger partial charge in [-0.05, 0) is 19.1 Å². The Morgan fingerprint density at radius 2 is 1.89 bits per heavy atom. The molecule has 0 saturated carbocycles. The highest BCUT2D eigenvalue weighted by Gasteiger charge is 2.09. The number of rotatable bonds is 7. The molecule has 1 amide bonds. The first-order valence-electron chi connectivity index (χ1n) is 6.04. The zero-order valence-electron chi connectivity index (χ0n) is 10.8. The number of nitrogens with one attached hydrogen (secondary N) is 2. The summed E-state index contributed by atoms with van der Waals surface area (Å²) >= 11 is 0. The standard InChI is InChI=1S/C13H19N3O3/c1-9-2-4-10(5-3-9)12(17)16-7-6-15-8-11(14)13(18)19/h2-5,11,15H,6-8,14H2,1H3,(H,16,17)(H,18,19). The van der Waals surface area contributed by atoms with E-state index in [1.807, 2.05) is 19.1 Å². The molecule has 1 aromatic rings. The van der Waals surface area contributed by atoms with Gasteiger partial charge < -0.3 is 21.5 Å². The third-order valence-corrected chi connectivity index (χ3v) is 2.58. The van der Waals surface area contributed by atoms with Crippen molar-refractivity contribution in [2.24, 2.45) is 5.73 Å². The molecule has 0 heterocycles. The lowest BCUT2D eigenvalue weighted by Gasteiger charge is -2.09. The minimum Gasteiger partial charge on any atom is -0.480 e. The summed E-state index contributed by atoms with van der Waals surface area (Å²) in [4.78, 5) is 22.2. The highest BCUT2D eigenvalue weighted by molar-refractivity contribution is 5.94. The van der Waals surface area contributed by atoms with Crippen LogP contribution in [0.4, 0.5) is 0 Å². The summed E-state index contributed by atoms with van der Waals surface area (Å²) < 4.78 is 0. The maximum absolute atomic E-state index is 11.7. The number of hydrogen-bond acceptors (Lipinski definition) is 4. The molecular weight excluding hydrogens is 246 g/mol. The number of carbonyl (C=O) groups excluding carboxylic acids is 1. The molecule has 1 rings (SSSR count). The summed E-state index contributed by atoms with van der Waals surface area (Å²) in [5.41, 5.74) is 7.02. The van der Waals surface area contributed by atoms with E-state index in [9.17, 15) is 9.59 Å². The predicted octanol–water partition coefficient (Wildman–Crippen LogP) is -0.274. The van der Waals surface area contributed by atoms with Crippen LogP contribution in [-0.2, 0) is 4.79 Å². The Kier molecular flexibility index (Phi) is 5.98. The predicted molar refractivity (Wildman–Crippen MR) is 72.0 cm³/mol. The molecule has 1 aromatic carbocycles. The fourth-order valence-corrected chi connectivity index (χ4v) is 1.42. The van der Waals surface area contributed by atoms with Crippen LogP contribution in [0.2, 0.25) is 0 Å². The average molecular weight is 265 g/mol. The van der Waals surface area contributed by atoms with Crippen molar-refractivity contribution < 1.29 is 14.7 Å². The van der Waals surface area contributed by atoms with E-state index in [4.69, 9.17) is 10.8 Å². The molecule has 0 spiro atoms. The van der Waals surface area contributed by atoms with Gasteiger partial charge in [0.25, 0.3) is 5.91 Å². The summed E-state index contributed by atoms with van der Waals surface area (Å²) in [5, 5.41) is 14.2. The largest absolute Gasteiger partial charge is 0.480 e. The van der Waals surface area contributed by atoms with Crippen molar-refractivity contribution in [1.82, 2.24) is 10.6 Å². The molecule has 0 aliphatic heterocycles. The lowest BCUT2D eigenvalue weighted by atomic mass is 10.1. The first kappa shape index (κ1) is 15.1. The number of aryl methyl sites for hydroxylation is 1. The van der Waals surface area contributed by atoms with E-state index >= 15 is 0 Å². The van der Waals surface area contributed by atoms with E-state index in [1.165, 1.54) is 0 Å².